The lowest BCUT2D eigenvalue weighted by Gasteiger charge is -2.50. The molecule has 3 heteroatoms. The maximum Gasteiger partial charge on any atom is 0.153 e. The van der Waals surface area contributed by atoms with Gasteiger partial charge in [-0.25, -0.2) is 0 Å². The van der Waals surface area contributed by atoms with E-state index >= 15 is 0 Å². The predicted octanol–water partition coefficient (Wildman–Crippen LogP) is 7.52. The number of benzene rings is 3. The van der Waals surface area contributed by atoms with Crippen LogP contribution in [0.2, 0.25) is 0 Å². The van der Waals surface area contributed by atoms with Crippen LogP contribution in [-0.2, 0) is 24.4 Å². The summed E-state index contributed by atoms with van der Waals surface area (Å²) in [4.78, 5) is 12.1. The molecule has 2 fully saturated rings. The van der Waals surface area contributed by atoms with E-state index in [1.54, 1.807) is 0 Å². The highest BCUT2D eigenvalue weighted by Crippen LogP contribution is 2.61. The van der Waals surface area contributed by atoms with Crippen LogP contribution in [0.3, 0.4) is 0 Å². The average Bonchev–Trinajstić information content (AvgIpc) is 3.27. The van der Waals surface area contributed by atoms with Gasteiger partial charge in [0.25, 0.3) is 0 Å². The van der Waals surface area contributed by atoms with Crippen LogP contribution in [0, 0.1) is 17.3 Å². The van der Waals surface area contributed by atoms with Gasteiger partial charge in [-0.1, -0.05) is 67.6 Å². The van der Waals surface area contributed by atoms with Crippen LogP contribution in [0.5, 0.6) is 5.75 Å². The molecule has 3 aromatic rings. The van der Waals surface area contributed by atoms with Gasteiger partial charge < -0.3 is 9.47 Å². The molecule has 0 radical (unpaired) electrons. The van der Waals surface area contributed by atoms with Gasteiger partial charge in [0.2, 0.25) is 0 Å². The van der Waals surface area contributed by atoms with Crippen molar-refractivity contribution >= 4 is 6.29 Å². The molecule has 0 saturated heterocycles. The molecule has 0 aliphatic heterocycles. The van der Waals surface area contributed by atoms with Gasteiger partial charge >= 0.3 is 0 Å². The maximum absolute atomic E-state index is 12.1. The molecule has 0 heterocycles. The number of ether oxygens (including phenoxy) is 2. The van der Waals surface area contributed by atoms with E-state index in [2.05, 4.69) is 61.5 Å². The van der Waals surface area contributed by atoms with Gasteiger partial charge in [0.15, 0.2) is 6.29 Å². The van der Waals surface area contributed by atoms with Crippen molar-refractivity contribution in [2.45, 2.75) is 70.7 Å². The quantitative estimate of drug-likeness (QED) is 0.328. The fourth-order valence-electron chi connectivity index (χ4n) is 7.57. The summed E-state index contributed by atoms with van der Waals surface area (Å²) in [6, 6.07) is 25.0. The molecule has 0 amide bonds. The number of carbonyl (C=O) groups excluding carboxylic acids is 1. The van der Waals surface area contributed by atoms with Crippen LogP contribution < -0.4 is 4.74 Å². The second-order valence-electron chi connectivity index (χ2n) is 11.3. The standard InChI is InChI=1S/C33H36O3/c1-33-17-16-27-28(30(33)14-15-32(33)36-22-24-10-6-3-7-11-24)13-12-25-19-31(26(20-34)18-29(25)27)35-21-23-8-4-2-5-9-23/h2-11,18-20,27-28,30,32H,12-17,21-22H2,1H3/t27-,28-,30-,32-,33+/m0/s1. The molecule has 36 heavy (non-hydrogen) atoms. The van der Waals surface area contributed by atoms with E-state index in [-0.39, 0.29) is 5.41 Å². The van der Waals surface area contributed by atoms with E-state index in [0.29, 0.717) is 42.6 Å². The molecule has 3 aromatic carbocycles. The molecule has 5 atom stereocenters. The van der Waals surface area contributed by atoms with E-state index in [9.17, 15) is 4.79 Å². The third-order valence-electron chi connectivity index (χ3n) is 9.43. The van der Waals surface area contributed by atoms with E-state index in [1.165, 1.54) is 42.4 Å². The predicted molar refractivity (Wildman–Crippen MR) is 142 cm³/mol. The Kier molecular flexibility index (Phi) is 6.43. The first kappa shape index (κ1) is 23.5. The Labute approximate surface area is 214 Å². The number of hydrogen-bond donors (Lipinski definition) is 0. The highest BCUT2D eigenvalue weighted by Gasteiger charge is 2.55. The van der Waals surface area contributed by atoms with E-state index < -0.39 is 0 Å². The third kappa shape index (κ3) is 4.28. The Bertz CT molecular complexity index is 1200. The number of rotatable bonds is 7. The maximum atomic E-state index is 12.1. The molecule has 0 bridgehead atoms. The van der Waals surface area contributed by atoms with Crippen molar-refractivity contribution in [3.8, 4) is 5.75 Å². The summed E-state index contributed by atoms with van der Waals surface area (Å²) in [5, 5.41) is 0. The van der Waals surface area contributed by atoms with Crippen LogP contribution in [0.4, 0.5) is 0 Å². The second kappa shape index (κ2) is 9.86. The van der Waals surface area contributed by atoms with Crippen molar-refractivity contribution in [2.75, 3.05) is 0 Å². The number of hydrogen-bond acceptors (Lipinski definition) is 3. The second-order valence-corrected chi connectivity index (χ2v) is 11.3. The molecule has 3 aliphatic carbocycles. The van der Waals surface area contributed by atoms with E-state index in [1.807, 2.05) is 18.2 Å². The van der Waals surface area contributed by atoms with Crippen molar-refractivity contribution in [1.82, 2.24) is 0 Å². The largest absolute Gasteiger partial charge is 0.488 e. The van der Waals surface area contributed by atoms with Gasteiger partial charge in [-0.3, -0.25) is 4.79 Å². The number of carbonyl (C=O) groups is 1. The fourth-order valence-corrected chi connectivity index (χ4v) is 7.57. The Morgan fingerprint density at radius 3 is 2.33 bits per heavy atom. The van der Waals surface area contributed by atoms with Crippen molar-refractivity contribution in [3.05, 3.63) is 101 Å². The Hall–Kier alpha value is -2.91. The summed E-state index contributed by atoms with van der Waals surface area (Å²) >= 11 is 0. The lowest BCUT2D eigenvalue weighted by molar-refractivity contribution is -0.0707. The van der Waals surface area contributed by atoms with Gasteiger partial charge in [-0.05, 0) is 96.1 Å². The molecular formula is C33H36O3. The van der Waals surface area contributed by atoms with Gasteiger partial charge in [0.1, 0.15) is 12.4 Å². The number of aldehydes is 1. The molecule has 186 valence electrons. The Balaban J connectivity index is 1.19. The molecule has 3 aliphatic rings. The normalized spacial score (nSPS) is 28.6. The minimum absolute atomic E-state index is 0.250. The van der Waals surface area contributed by atoms with Crippen LogP contribution in [-0.4, -0.2) is 12.4 Å². The van der Waals surface area contributed by atoms with Gasteiger partial charge in [-0.15, -0.1) is 0 Å². The SMILES string of the molecule is C[C@@]12CC[C@@H]3c4cc(C=O)c(OCc5ccccc5)cc4CC[C@@H]3[C@@H]1CC[C@@H]2OCc1ccccc1. The molecule has 0 spiro atoms. The van der Waals surface area contributed by atoms with Crippen molar-refractivity contribution in [3.63, 3.8) is 0 Å². The molecule has 0 aromatic heterocycles. The van der Waals surface area contributed by atoms with E-state index in [4.69, 9.17) is 9.47 Å². The zero-order valence-corrected chi connectivity index (χ0v) is 21.2. The first-order valence-corrected chi connectivity index (χ1v) is 13.6. The van der Waals surface area contributed by atoms with Crippen LogP contribution >= 0.6 is 0 Å². The van der Waals surface area contributed by atoms with Crippen LogP contribution in [0.25, 0.3) is 0 Å². The average molecular weight is 481 g/mol. The summed E-state index contributed by atoms with van der Waals surface area (Å²) in [7, 11) is 0. The molecule has 2 saturated carbocycles. The summed E-state index contributed by atoms with van der Waals surface area (Å²) in [6.45, 7) is 3.68. The number of aryl methyl sites for hydroxylation is 1. The summed E-state index contributed by atoms with van der Waals surface area (Å²) in [5.41, 5.74) is 6.09. The van der Waals surface area contributed by atoms with Crippen molar-refractivity contribution < 1.29 is 14.3 Å². The van der Waals surface area contributed by atoms with Crippen molar-refractivity contribution in [1.29, 1.82) is 0 Å². The minimum atomic E-state index is 0.250. The fraction of sp³-hybridized carbons (Fsp3) is 0.424. The smallest absolute Gasteiger partial charge is 0.153 e. The van der Waals surface area contributed by atoms with Crippen LogP contribution in [0.1, 0.15) is 77.6 Å². The Morgan fingerprint density at radius 2 is 1.61 bits per heavy atom. The van der Waals surface area contributed by atoms with Gasteiger partial charge in [-0.2, -0.15) is 0 Å². The van der Waals surface area contributed by atoms with Gasteiger partial charge in [0, 0.05) is 0 Å². The summed E-state index contributed by atoms with van der Waals surface area (Å²) < 4.78 is 12.7. The highest BCUT2D eigenvalue weighted by atomic mass is 16.5. The first-order chi connectivity index (χ1) is 17.7. The zero-order valence-electron chi connectivity index (χ0n) is 21.2. The molecule has 3 nitrogen and oxygen atoms in total. The topological polar surface area (TPSA) is 35.5 Å². The lowest BCUT2D eigenvalue weighted by atomic mass is 9.55. The van der Waals surface area contributed by atoms with Crippen LogP contribution in [0.15, 0.2) is 72.8 Å². The van der Waals surface area contributed by atoms with Crippen molar-refractivity contribution in [2.24, 2.45) is 17.3 Å². The monoisotopic (exact) mass is 480 g/mol. The summed E-state index contributed by atoms with van der Waals surface area (Å²) in [6.07, 6.45) is 8.39. The van der Waals surface area contributed by atoms with E-state index in [0.717, 1.165) is 30.4 Å². The summed E-state index contributed by atoms with van der Waals surface area (Å²) in [5.74, 6) is 2.64. The zero-order chi connectivity index (χ0) is 24.5. The molecule has 0 unspecified atom stereocenters. The Morgan fingerprint density at radius 1 is 0.889 bits per heavy atom. The molecule has 6 rings (SSSR count). The lowest BCUT2D eigenvalue weighted by Crippen LogP contribution is -2.44. The highest BCUT2D eigenvalue weighted by molar-refractivity contribution is 5.80. The molecule has 0 N–H and O–H groups in total. The minimum Gasteiger partial charge on any atom is -0.488 e. The molecular weight excluding hydrogens is 444 g/mol. The third-order valence-corrected chi connectivity index (χ3v) is 9.43. The number of fused-ring (bicyclic) bond motifs is 5. The van der Waals surface area contributed by atoms with Gasteiger partial charge in [0.05, 0.1) is 18.3 Å². The first-order valence-electron chi connectivity index (χ1n) is 13.6.